The van der Waals surface area contributed by atoms with Crippen LogP contribution in [0, 0.1) is 6.92 Å². The van der Waals surface area contributed by atoms with E-state index in [1.54, 1.807) is 11.3 Å². The number of esters is 1. The number of aromatic nitrogens is 3. The Balaban J connectivity index is 1.36. The molecule has 0 bridgehead atoms. The highest BCUT2D eigenvalue weighted by molar-refractivity contribution is 7.99. The molecule has 4 aromatic rings. The molecule has 1 amide bonds. The quantitative estimate of drug-likeness (QED) is 0.140. The number of rotatable bonds is 9. The topological polar surface area (TPSA) is 86.1 Å². The highest BCUT2D eigenvalue weighted by atomic mass is 32.2. The number of methoxy groups -OCH3 is 1. The second kappa shape index (κ2) is 11.7. The molecule has 1 aliphatic rings. The van der Waals surface area contributed by atoms with Crippen LogP contribution in [0.4, 0.5) is 5.00 Å². The van der Waals surface area contributed by atoms with Gasteiger partial charge in [-0.05, 0) is 43.7 Å². The van der Waals surface area contributed by atoms with Crippen LogP contribution in [0.5, 0.6) is 0 Å². The molecule has 5 rings (SSSR count). The van der Waals surface area contributed by atoms with Gasteiger partial charge in [-0.1, -0.05) is 48.2 Å². The summed E-state index contributed by atoms with van der Waals surface area (Å²) >= 11 is 4.48. The number of amides is 1. The van der Waals surface area contributed by atoms with Crippen LogP contribution in [0.1, 0.15) is 38.5 Å². The van der Waals surface area contributed by atoms with Crippen LogP contribution in [0.2, 0.25) is 0 Å². The highest BCUT2D eigenvalue weighted by Crippen LogP contribution is 2.41. The number of fused-ring (bicyclic) bond motifs is 1. The summed E-state index contributed by atoms with van der Waals surface area (Å²) in [4.78, 5) is 28.1. The van der Waals surface area contributed by atoms with E-state index in [-0.39, 0.29) is 11.7 Å². The minimum atomic E-state index is -0.481. The number of carbonyl (C=O) groups is 2. The van der Waals surface area contributed by atoms with Crippen molar-refractivity contribution in [2.24, 2.45) is 0 Å². The first kappa shape index (κ1) is 26.4. The number of benzene rings is 1. The van der Waals surface area contributed by atoms with E-state index in [9.17, 15) is 9.59 Å². The van der Waals surface area contributed by atoms with E-state index in [1.165, 1.54) is 53.5 Å². The fraction of sp³-hybridized carbons (Fsp3) is 0.286. The Labute approximate surface area is 234 Å². The molecule has 0 radical (unpaired) electrons. The molecule has 3 aromatic heterocycles. The van der Waals surface area contributed by atoms with Crippen LogP contribution in [-0.4, -0.2) is 39.5 Å². The number of ether oxygens (including phenoxy) is 1. The predicted molar refractivity (Wildman–Crippen MR) is 155 cm³/mol. The second-order valence-corrected chi connectivity index (χ2v) is 12.0. The van der Waals surface area contributed by atoms with E-state index in [4.69, 9.17) is 4.74 Å². The van der Waals surface area contributed by atoms with Crippen molar-refractivity contribution in [1.29, 1.82) is 0 Å². The number of hydrogen-bond acceptors (Lipinski definition) is 8. The standard InChI is InChI=1S/C28H28N4O3S3/c1-4-14-32-25(20-15-36-21-13-9-8-12-19(20)21)30-31-28(32)37-16-22(33)29-26-24(27(34)35-3)23(17(2)38-26)18-10-6-5-7-11-18/h4-7,10-11,15H,1,8-9,12-14,16H2,2-3H3,(H,29,33). The molecular weight excluding hydrogens is 537 g/mol. The Kier molecular flexibility index (Phi) is 8.11. The van der Waals surface area contributed by atoms with Crippen molar-refractivity contribution in [2.45, 2.75) is 44.3 Å². The summed E-state index contributed by atoms with van der Waals surface area (Å²) < 4.78 is 7.08. The normalized spacial score (nSPS) is 12.7. The molecule has 3 heterocycles. The van der Waals surface area contributed by atoms with Gasteiger partial charge < -0.3 is 10.1 Å². The molecule has 1 aromatic carbocycles. The van der Waals surface area contributed by atoms with Crippen molar-refractivity contribution in [3.8, 4) is 22.5 Å². The Morgan fingerprint density at radius 2 is 2.00 bits per heavy atom. The molecule has 0 saturated heterocycles. The van der Waals surface area contributed by atoms with Crippen molar-refractivity contribution in [3.05, 3.63) is 69.2 Å². The van der Waals surface area contributed by atoms with Gasteiger partial charge in [0, 0.05) is 32.8 Å². The molecule has 0 unspecified atom stereocenters. The second-order valence-electron chi connectivity index (χ2n) is 8.90. The van der Waals surface area contributed by atoms with E-state index in [2.05, 4.69) is 27.5 Å². The van der Waals surface area contributed by atoms with Crippen molar-refractivity contribution in [2.75, 3.05) is 18.2 Å². The van der Waals surface area contributed by atoms with Gasteiger partial charge in [0.2, 0.25) is 5.91 Å². The Morgan fingerprint density at radius 1 is 1.21 bits per heavy atom. The summed E-state index contributed by atoms with van der Waals surface area (Å²) in [6.45, 7) is 6.39. The van der Waals surface area contributed by atoms with Gasteiger partial charge in [0.15, 0.2) is 11.0 Å². The molecule has 0 aliphatic heterocycles. The van der Waals surface area contributed by atoms with Gasteiger partial charge in [-0.3, -0.25) is 9.36 Å². The van der Waals surface area contributed by atoms with E-state index in [1.807, 2.05) is 47.9 Å². The van der Waals surface area contributed by atoms with E-state index in [0.29, 0.717) is 22.3 Å². The minimum Gasteiger partial charge on any atom is -0.465 e. The van der Waals surface area contributed by atoms with Crippen molar-refractivity contribution >= 4 is 51.3 Å². The largest absolute Gasteiger partial charge is 0.465 e. The fourth-order valence-electron chi connectivity index (χ4n) is 4.74. The number of thiophene rings is 2. The first-order valence-corrected chi connectivity index (χ1v) is 15.0. The average molecular weight is 565 g/mol. The summed E-state index contributed by atoms with van der Waals surface area (Å²) in [5.74, 6) is 0.228. The maximum atomic E-state index is 13.0. The van der Waals surface area contributed by atoms with Crippen molar-refractivity contribution in [3.63, 3.8) is 0 Å². The van der Waals surface area contributed by atoms with Gasteiger partial charge in [-0.15, -0.1) is 39.4 Å². The predicted octanol–water partition coefficient (Wildman–Crippen LogP) is 6.63. The molecule has 0 fully saturated rings. The molecule has 0 spiro atoms. The number of allylic oxidation sites excluding steroid dienone is 1. The van der Waals surface area contributed by atoms with Crippen LogP contribution < -0.4 is 5.32 Å². The third kappa shape index (κ3) is 5.21. The van der Waals surface area contributed by atoms with Gasteiger partial charge >= 0.3 is 5.97 Å². The lowest BCUT2D eigenvalue weighted by Gasteiger charge is -2.13. The number of anilines is 1. The molecule has 1 N–H and O–H groups in total. The first-order chi connectivity index (χ1) is 18.5. The van der Waals surface area contributed by atoms with Crippen LogP contribution in [0.3, 0.4) is 0 Å². The number of hydrogen-bond donors (Lipinski definition) is 1. The molecule has 1 aliphatic carbocycles. The van der Waals surface area contributed by atoms with Gasteiger partial charge in [0.1, 0.15) is 10.6 Å². The Morgan fingerprint density at radius 3 is 2.76 bits per heavy atom. The molecular formula is C28H28N4O3S3. The number of nitrogens with one attached hydrogen (secondary N) is 1. The maximum Gasteiger partial charge on any atom is 0.341 e. The fourth-order valence-corrected chi connectivity index (χ4v) is 7.70. The minimum absolute atomic E-state index is 0.120. The van der Waals surface area contributed by atoms with Gasteiger partial charge in [-0.25, -0.2) is 4.79 Å². The third-order valence-corrected chi connectivity index (χ3v) is 9.53. The average Bonchev–Trinajstić information content (AvgIpc) is 3.62. The molecule has 196 valence electrons. The molecule has 0 saturated carbocycles. The zero-order valence-electron chi connectivity index (χ0n) is 21.3. The summed E-state index contributed by atoms with van der Waals surface area (Å²) in [5.41, 5.74) is 4.57. The lowest BCUT2D eigenvalue weighted by atomic mass is 9.95. The van der Waals surface area contributed by atoms with Crippen molar-refractivity contribution in [1.82, 2.24) is 14.8 Å². The molecule has 7 nitrogen and oxygen atoms in total. The Bertz CT molecular complexity index is 1490. The van der Waals surface area contributed by atoms with Crippen molar-refractivity contribution < 1.29 is 14.3 Å². The smallest absolute Gasteiger partial charge is 0.341 e. The van der Waals surface area contributed by atoms with Crippen LogP contribution in [0.25, 0.3) is 22.5 Å². The zero-order chi connectivity index (χ0) is 26.6. The SMILES string of the molecule is C=CCn1c(SCC(=O)Nc2sc(C)c(-c3ccccc3)c2C(=O)OC)nnc1-c1csc2c1CCCC2. The van der Waals surface area contributed by atoms with Crippen LogP contribution in [0.15, 0.2) is 53.5 Å². The Hall–Kier alpha value is -3.21. The van der Waals surface area contributed by atoms with Crippen LogP contribution in [-0.2, 0) is 28.9 Å². The maximum absolute atomic E-state index is 13.0. The monoisotopic (exact) mass is 564 g/mol. The molecule has 38 heavy (non-hydrogen) atoms. The van der Waals surface area contributed by atoms with Crippen LogP contribution >= 0.6 is 34.4 Å². The third-order valence-electron chi connectivity index (χ3n) is 6.45. The summed E-state index contributed by atoms with van der Waals surface area (Å²) in [6.07, 6.45) is 6.43. The van der Waals surface area contributed by atoms with Gasteiger partial charge in [-0.2, -0.15) is 0 Å². The van der Waals surface area contributed by atoms with E-state index >= 15 is 0 Å². The lowest BCUT2D eigenvalue weighted by Crippen LogP contribution is -2.16. The zero-order valence-corrected chi connectivity index (χ0v) is 23.7. The number of thioether (sulfide) groups is 1. The highest BCUT2D eigenvalue weighted by Gasteiger charge is 2.26. The lowest BCUT2D eigenvalue weighted by molar-refractivity contribution is -0.113. The number of nitrogens with zero attached hydrogens (tertiary/aromatic N) is 3. The summed E-state index contributed by atoms with van der Waals surface area (Å²) in [5, 5.41) is 15.2. The van der Waals surface area contributed by atoms with E-state index in [0.717, 1.165) is 40.2 Å². The molecule has 0 atom stereocenters. The number of aryl methyl sites for hydroxylation is 2. The van der Waals surface area contributed by atoms with E-state index < -0.39 is 5.97 Å². The number of carbonyl (C=O) groups excluding carboxylic acids is 2. The first-order valence-electron chi connectivity index (χ1n) is 12.3. The van der Waals surface area contributed by atoms with Gasteiger partial charge in [0.05, 0.1) is 12.9 Å². The summed E-state index contributed by atoms with van der Waals surface area (Å²) in [6, 6.07) is 9.64. The van der Waals surface area contributed by atoms with Gasteiger partial charge in [0.25, 0.3) is 0 Å². The summed E-state index contributed by atoms with van der Waals surface area (Å²) in [7, 11) is 1.35. The molecule has 10 heteroatoms.